The zero-order valence-electron chi connectivity index (χ0n) is 10.2. The Balaban J connectivity index is 2.74. The number of rotatable bonds is 6. The number of nitrogens with zero attached hydrogens (tertiary/aromatic N) is 1. The van der Waals surface area contributed by atoms with E-state index in [1.165, 1.54) is 0 Å². The monoisotopic (exact) mass is 331 g/mol. The van der Waals surface area contributed by atoms with Crippen LogP contribution in [0.4, 0.5) is 0 Å². The Morgan fingerprint density at radius 1 is 1.53 bits per heavy atom. The minimum Gasteiger partial charge on any atom is -0.480 e. The van der Waals surface area contributed by atoms with Crippen LogP contribution in [0.25, 0.3) is 0 Å². The molecule has 1 rings (SSSR count). The summed E-state index contributed by atoms with van der Waals surface area (Å²) in [5.74, 6) is -2.34. The Labute approximate surface area is 117 Å². The van der Waals surface area contributed by atoms with Gasteiger partial charge < -0.3 is 20.7 Å². The third-order valence-corrected chi connectivity index (χ3v) is 2.92. The van der Waals surface area contributed by atoms with Crippen LogP contribution >= 0.6 is 15.9 Å². The number of aryl methyl sites for hydroxylation is 1. The van der Waals surface area contributed by atoms with Crippen LogP contribution in [-0.2, 0) is 16.6 Å². The van der Waals surface area contributed by atoms with Crippen molar-refractivity contribution in [3.63, 3.8) is 0 Å². The van der Waals surface area contributed by atoms with Crippen molar-refractivity contribution < 1.29 is 19.5 Å². The van der Waals surface area contributed by atoms with Crippen LogP contribution in [0.15, 0.2) is 16.7 Å². The molecular formula is C11H14BrN3O4. The van der Waals surface area contributed by atoms with Crippen LogP contribution in [0, 0.1) is 0 Å². The molecule has 0 radical (unpaired) electrons. The molecule has 0 saturated heterocycles. The molecule has 1 aromatic heterocycles. The fourth-order valence-electron chi connectivity index (χ4n) is 1.53. The lowest BCUT2D eigenvalue weighted by Gasteiger charge is -2.13. The van der Waals surface area contributed by atoms with E-state index in [0.29, 0.717) is 10.2 Å². The highest BCUT2D eigenvalue weighted by atomic mass is 79.9. The number of aromatic nitrogens is 1. The van der Waals surface area contributed by atoms with E-state index in [1.54, 1.807) is 23.9 Å². The standard InChI is InChI=1S/C11H14BrN3O4/c1-15-5-6(12)4-8(15)10(17)14-7(11(18)19)2-3-9(13)16/h4-5,7H,2-3H2,1H3,(H2,13,16)(H,14,17)(H,18,19)/t7-/m1/s1. The van der Waals surface area contributed by atoms with E-state index >= 15 is 0 Å². The number of amides is 2. The number of hydrogen-bond acceptors (Lipinski definition) is 3. The predicted molar refractivity (Wildman–Crippen MR) is 70.4 cm³/mol. The summed E-state index contributed by atoms with van der Waals surface area (Å²) < 4.78 is 2.27. The van der Waals surface area contributed by atoms with Gasteiger partial charge in [-0.15, -0.1) is 0 Å². The first-order valence-electron chi connectivity index (χ1n) is 5.45. The maximum Gasteiger partial charge on any atom is 0.326 e. The molecule has 0 aliphatic carbocycles. The van der Waals surface area contributed by atoms with Crippen LogP contribution in [0.5, 0.6) is 0 Å². The van der Waals surface area contributed by atoms with Crippen LogP contribution in [0.1, 0.15) is 23.3 Å². The number of carboxylic acid groups (broad SMARTS) is 1. The molecule has 1 atom stereocenters. The van der Waals surface area contributed by atoms with Crippen molar-refractivity contribution in [3.05, 3.63) is 22.4 Å². The fraction of sp³-hybridized carbons (Fsp3) is 0.364. The molecule has 19 heavy (non-hydrogen) atoms. The van der Waals surface area contributed by atoms with Gasteiger partial charge in [0.1, 0.15) is 11.7 Å². The lowest BCUT2D eigenvalue weighted by atomic mass is 10.1. The summed E-state index contributed by atoms with van der Waals surface area (Å²) in [6.45, 7) is 0. The van der Waals surface area contributed by atoms with Gasteiger partial charge in [0.25, 0.3) is 5.91 Å². The number of hydrogen-bond donors (Lipinski definition) is 3. The van der Waals surface area contributed by atoms with Crippen LogP contribution in [0.2, 0.25) is 0 Å². The van der Waals surface area contributed by atoms with Crippen molar-refractivity contribution >= 4 is 33.7 Å². The smallest absolute Gasteiger partial charge is 0.326 e. The first kappa shape index (κ1) is 15.2. The first-order chi connectivity index (χ1) is 8.81. The SMILES string of the molecule is Cn1cc(Br)cc1C(=O)N[C@H](CCC(N)=O)C(=O)O. The van der Waals surface area contributed by atoms with Gasteiger partial charge in [-0.05, 0) is 28.4 Å². The summed E-state index contributed by atoms with van der Waals surface area (Å²) in [6, 6.07) is 0.427. The third-order valence-electron chi connectivity index (χ3n) is 2.49. The maximum atomic E-state index is 11.9. The molecule has 8 heteroatoms. The van der Waals surface area contributed by atoms with Gasteiger partial charge in [-0.2, -0.15) is 0 Å². The second kappa shape index (κ2) is 6.37. The molecule has 4 N–H and O–H groups in total. The Hall–Kier alpha value is -1.83. The van der Waals surface area contributed by atoms with E-state index in [2.05, 4.69) is 21.2 Å². The number of nitrogens with one attached hydrogen (secondary N) is 1. The summed E-state index contributed by atoms with van der Waals surface area (Å²) in [5.41, 5.74) is 5.27. The topological polar surface area (TPSA) is 114 Å². The van der Waals surface area contributed by atoms with Gasteiger partial charge in [0.15, 0.2) is 0 Å². The number of primary amides is 1. The lowest BCUT2D eigenvalue weighted by molar-refractivity contribution is -0.139. The second-order valence-electron chi connectivity index (χ2n) is 4.02. The van der Waals surface area contributed by atoms with E-state index < -0.39 is 23.8 Å². The Kier molecular flexibility index (Phi) is 5.11. The number of carbonyl (C=O) groups is 3. The summed E-state index contributed by atoms with van der Waals surface area (Å²) >= 11 is 3.22. The molecule has 0 unspecified atom stereocenters. The van der Waals surface area contributed by atoms with Gasteiger partial charge in [0.05, 0.1) is 0 Å². The zero-order valence-corrected chi connectivity index (χ0v) is 11.8. The molecule has 0 bridgehead atoms. The molecule has 1 aromatic rings. The van der Waals surface area contributed by atoms with Crippen molar-refractivity contribution in [1.29, 1.82) is 0 Å². The molecule has 2 amide bonds. The van der Waals surface area contributed by atoms with Gasteiger partial charge in [0, 0.05) is 24.1 Å². The van der Waals surface area contributed by atoms with Gasteiger partial charge in [0.2, 0.25) is 5.91 Å². The molecule has 0 fully saturated rings. The number of carbonyl (C=O) groups excluding carboxylic acids is 2. The highest BCUT2D eigenvalue weighted by molar-refractivity contribution is 9.10. The van der Waals surface area contributed by atoms with Gasteiger partial charge in [-0.25, -0.2) is 4.79 Å². The molecule has 1 heterocycles. The van der Waals surface area contributed by atoms with E-state index in [1.807, 2.05) is 0 Å². The normalized spacial score (nSPS) is 11.9. The average Bonchev–Trinajstić information content (AvgIpc) is 2.62. The third kappa shape index (κ3) is 4.40. The van der Waals surface area contributed by atoms with Crippen molar-refractivity contribution in [2.45, 2.75) is 18.9 Å². The summed E-state index contributed by atoms with van der Waals surface area (Å²) in [5, 5.41) is 11.3. The molecule has 104 valence electrons. The van der Waals surface area contributed by atoms with E-state index in [-0.39, 0.29) is 12.8 Å². The molecule has 0 saturated carbocycles. The summed E-state index contributed by atoms with van der Waals surface area (Å²) in [6.07, 6.45) is 1.53. The molecule has 7 nitrogen and oxygen atoms in total. The van der Waals surface area contributed by atoms with Crippen molar-refractivity contribution in [3.8, 4) is 0 Å². The minimum absolute atomic E-state index is 0.0397. The average molecular weight is 332 g/mol. The number of nitrogens with two attached hydrogens (primary N) is 1. The predicted octanol–water partition coefficient (Wildman–Crippen LogP) is 0.236. The lowest BCUT2D eigenvalue weighted by Crippen LogP contribution is -2.41. The first-order valence-corrected chi connectivity index (χ1v) is 6.24. The highest BCUT2D eigenvalue weighted by Crippen LogP contribution is 2.13. The van der Waals surface area contributed by atoms with E-state index in [0.717, 1.165) is 0 Å². The molecule has 0 aliphatic rings. The number of carboxylic acids is 1. The van der Waals surface area contributed by atoms with Gasteiger partial charge >= 0.3 is 5.97 Å². The quantitative estimate of drug-likeness (QED) is 0.692. The van der Waals surface area contributed by atoms with Crippen molar-refractivity contribution in [1.82, 2.24) is 9.88 Å². The molecule has 0 spiro atoms. The number of halogens is 1. The molecule has 0 aliphatic heterocycles. The summed E-state index contributed by atoms with van der Waals surface area (Å²) in [4.78, 5) is 33.5. The van der Waals surface area contributed by atoms with Crippen LogP contribution in [-0.4, -0.2) is 33.5 Å². The van der Waals surface area contributed by atoms with E-state index in [4.69, 9.17) is 10.8 Å². The second-order valence-corrected chi connectivity index (χ2v) is 4.94. The molecule has 0 aromatic carbocycles. The zero-order chi connectivity index (χ0) is 14.6. The minimum atomic E-state index is -1.21. The molecular weight excluding hydrogens is 318 g/mol. The number of aliphatic carboxylic acids is 1. The Morgan fingerprint density at radius 2 is 2.16 bits per heavy atom. The maximum absolute atomic E-state index is 11.9. The van der Waals surface area contributed by atoms with Crippen LogP contribution < -0.4 is 11.1 Å². The Bertz CT molecular complexity index is 512. The Morgan fingerprint density at radius 3 is 2.58 bits per heavy atom. The van der Waals surface area contributed by atoms with Crippen molar-refractivity contribution in [2.24, 2.45) is 12.8 Å². The van der Waals surface area contributed by atoms with E-state index in [9.17, 15) is 14.4 Å². The summed E-state index contributed by atoms with van der Waals surface area (Å²) in [7, 11) is 1.67. The van der Waals surface area contributed by atoms with Gasteiger partial charge in [-0.1, -0.05) is 0 Å². The van der Waals surface area contributed by atoms with Crippen molar-refractivity contribution in [2.75, 3.05) is 0 Å². The fourth-order valence-corrected chi connectivity index (χ4v) is 2.05. The van der Waals surface area contributed by atoms with Gasteiger partial charge in [-0.3, -0.25) is 9.59 Å². The highest BCUT2D eigenvalue weighted by Gasteiger charge is 2.22. The van der Waals surface area contributed by atoms with Crippen LogP contribution in [0.3, 0.4) is 0 Å². The largest absolute Gasteiger partial charge is 0.480 e.